The summed E-state index contributed by atoms with van der Waals surface area (Å²) in [6.45, 7) is 9.22. The number of phenols is 1. The molecule has 2 N–H and O–H groups in total. The van der Waals surface area contributed by atoms with Gasteiger partial charge in [0, 0.05) is 17.9 Å². The van der Waals surface area contributed by atoms with E-state index < -0.39 is 25.7 Å². The predicted octanol–water partition coefficient (Wildman–Crippen LogP) is 3.62. The number of amides is 1. The number of anilines is 1. The molecule has 1 fully saturated rings. The fraction of sp³-hybridized carbons (Fsp3) is 0.611. The first-order valence-corrected chi connectivity index (χ1v) is 10.3. The van der Waals surface area contributed by atoms with Gasteiger partial charge in [-0.1, -0.05) is 32.4 Å². The van der Waals surface area contributed by atoms with E-state index in [0.29, 0.717) is 19.6 Å². The summed E-state index contributed by atoms with van der Waals surface area (Å²) in [4.78, 5) is 11.9. The number of nitrogens with one attached hydrogen (secondary N) is 1. The minimum absolute atomic E-state index is 0.0198. The molecule has 1 saturated heterocycles. The topological polar surface area (TPSA) is 92.7 Å². The van der Waals surface area contributed by atoms with Gasteiger partial charge in [0.15, 0.2) is 15.6 Å². The highest BCUT2D eigenvalue weighted by atomic mass is 35.5. The maximum atomic E-state index is 13.3. The molecule has 0 saturated carbocycles. The molecule has 0 unspecified atom stereocenters. The summed E-state index contributed by atoms with van der Waals surface area (Å²) in [6, 6.07) is 2.76. The van der Waals surface area contributed by atoms with Crippen LogP contribution in [0.25, 0.3) is 0 Å². The number of aromatic hydroxyl groups is 1. The summed E-state index contributed by atoms with van der Waals surface area (Å²) < 4.78 is 30.8. The van der Waals surface area contributed by atoms with Crippen molar-refractivity contribution < 1.29 is 23.1 Å². The Kier molecular flexibility index (Phi) is 5.67. The highest BCUT2D eigenvalue weighted by molar-refractivity contribution is 7.93. The van der Waals surface area contributed by atoms with Gasteiger partial charge in [-0.2, -0.15) is 0 Å². The Morgan fingerprint density at radius 2 is 1.88 bits per heavy atom. The van der Waals surface area contributed by atoms with Crippen molar-refractivity contribution in [3.63, 3.8) is 0 Å². The summed E-state index contributed by atoms with van der Waals surface area (Å²) in [7, 11) is -3.99. The van der Waals surface area contributed by atoms with Gasteiger partial charge in [0.2, 0.25) is 5.91 Å². The predicted molar refractivity (Wildman–Crippen MR) is 101 cm³/mol. The van der Waals surface area contributed by atoms with Crippen molar-refractivity contribution in [1.82, 2.24) is 0 Å². The normalized spacial score (nSPS) is 18.8. The van der Waals surface area contributed by atoms with Gasteiger partial charge in [-0.3, -0.25) is 4.79 Å². The highest BCUT2D eigenvalue weighted by Gasteiger charge is 2.46. The zero-order valence-corrected chi connectivity index (χ0v) is 17.3. The monoisotopic (exact) mass is 403 g/mol. The third-order valence-corrected chi connectivity index (χ3v) is 7.98. The summed E-state index contributed by atoms with van der Waals surface area (Å²) in [5, 5.41) is 13.1. The van der Waals surface area contributed by atoms with E-state index in [4.69, 9.17) is 16.3 Å². The first kappa shape index (κ1) is 21.0. The van der Waals surface area contributed by atoms with Crippen molar-refractivity contribution in [3.8, 4) is 5.75 Å². The van der Waals surface area contributed by atoms with Crippen LogP contribution in [0.15, 0.2) is 17.0 Å². The van der Waals surface area contributed by atoms with Crippen LogP contribution in [0, 0.1) is 11.3 Å². The number of halogens is 1. The third-order valence-electron chi connectivity index (χ3n) is 4.89. The summed E-state index contributed by atoms with van der Waals surface area (Å²) in [6.07, 6.45) is 0.616. The van der Waals surface area contributed by atoms with Crippen LogP contribution >= 0.6 is 11.6 Å². The molecular formula is C18H26ClNO5S. The summed E-state index contributed by atoms with van der Waals surface area (Å²) >= 11 is 6.14. The first-order valence-electron chi connectivity index (χ1n) is 8.45. The molecule has 1 aliphatic rings. The van der Waals surface area contributed by atoms with E-state index in [1.165, 1.54) is 12.1 Å². The molecule has 1 aromatic carbocycles. The van der Waals surface area contributed by atoms with Crippen LogP contribution in [-0.4, -0.2) is 37.4 Å². The first-order chi connectivity index (χ1) is 11.8. The van der Waals surface area contributed by atoms with Gasteiger partial charge in [0.25, 0.3) is 0 Å². The second kappa shape index (κ2) is 7.02. The molecule has 2 rings (SSSR count). The minimum Gasteiger partial charge on any atom is -0.504 e. The molecule has 0 bridgehead atoms. The van der Waals surface area contributed by atoms with Crippen molar-refractivity contribution >= 4 is 33.0 Å². The highest BCUT2D eigenvalue weighted by Crippen LogP contribution is 2.45. The average Bonchev–Trinajstić information content (AvgIpc) is 3.03. The number of benzene rings is 1. The standard InChI is InChI=1S/C18H26ClNO5S/c1-17(2,3)16(22)20-13-7-6-12(19)15(14(13)21)26(23,24)18(4,5)11-8-9-25-10-11/h6-7,11,21H,8-10H2,1-5H3,(H,20,22)/t11-/m1/s1. The van der Waals surface area contributed by atoms with Gasteiger partial charge in [-0.15, -0.1) is 0 Å². The number of sulfone groups is 1. The van der Waals surface area contributed by atoms with Crippen molar-refractivity contribution in [1.29, 1.82) is 0 Å². The second-order valence-corrected chi connectivity index (χ2v) is 11.0. The molecule has 1 atom stereocenters. The number of phenolic OH excluding ortho intramolecular Hbond substituents is 1. The molecule has 1 amide bonds. The zero-order chi connectivity index (χ0) is 19.9. The molecule has 0 aromatic heterocycles. The Balaban J connectivity index is 2.52. The number of hydrogen-bond acceptors (Lipinski definition) is 5. The lowest BCUT2D eigenvalue weighted by molar-refractivity contribution is -0.123. The minimum atomic E-state index is -3.99. The molecule has 146 valence electrons. The van der Waals surface area contributed by atoms with Crippen LogP contribution in [0.2, 0.25) is 5.02 Å². The molecule has 0 aliphatic carbocycles. The molecule has 0 spiro atoms. The molecule has 1 aromatic rings. The van der Waals surface area contributed by atoms with Crippen molar-refractivity contribution in [2.75, 3.05) is 18.5 Å². The number of rotatable bonds is 4. The van der Waals surface area contributed by atoms with Crippen LogP contribution in [-0.2, 0) is 19.4 Å². The van der Waals surface area contributed by atoms with E-state index in [0.717, 1.165) is 0 Å². The lowest BCUT2D eigenvalue weighted by atomic mass is 9.94. The molecular weight excluding hydrogens is 378 g/mol. The second-order valence-electron chi connectivity index (χ2n) is 8.14. The molecule has 26 heavy (non-hydrogen) atoms. The molecule has 0 radical (unpaired) electrons. The Bertz CT molecular complexity index is 806. The van der Waals surface area contributed by atoms with Crippen LogP contribution in [0.3, 0.4) is 0 Å². The van der Waals surface area contributed by atoms with E-state index in [1.807, 2.05) is 0 Å². The Morgan fingerprint density at radius 3 is 2.38 bits per heavy atom. The number of carbonyl (C=O) groups excluding carboxylic acids is 1. The molecule has 1 heterocycles. The molecule has 8 heteroatoms. The Labute approximate surface area is 159 Å². The van der Waals surface area contributed by atoms with Gasteiger partial charge < -0.3 is 15.2 Å². The quantitative estimate of drug-likeness (QED) is 0.749. The van der Waals surface area contributed by atoms with E-state index in [2.05, 4.69) is 5.32 Å². The lowest BCUT2D eigenvalue weighted by Crippen LogP contribution is -2.40. The van der Waals surface area contributed by atoms with Gasteiger partial charge >= 0.3 is 0 Å². The molecule has 6 nitrogen and oxygen atoms in total. The van der Waals surface area contributed by atoms with Gasteiger partial charge in [-0.05, 0) is 32.4 Å². The largest absolute Gasteiger partial charge is 0.504 e. The summed E-state index contributed by atoms with van der Waals surface area (Å²) in [5.74, 6) is -1.10. The Morgan fingerprint density at radius 1 is 1.27 bits per heavy atom. The smallest absolute Gasteiger partial charge is 0.229 e. The Hall–Kier alpha value is -1.31. The van der Waals surface area contributed by atoms with E-state index in [9.17, 15) is 18.3 Å². The SMILES string of the molecule is CC(C)(C)C(=O)Nc1ccc(Cl)c(S(=O)(=O)C(C)(C)[C@@H]2CCOC2)c1O. The zero-order valence-electron chi connectivity index (χ0n) is 15.7. The van der Waals surface area contributed by atoms with E-state index in [1.54, 1.807) is 34.6 Å². The van der Waals surface area contributed by atoms with Crippen molar-refractivity contribution in [3.05, 3.63) is 17.2 Å². The van der Waals surface area contributed by atoms with Crippen LogP contribution in [0.5, 0.6) is 5.75 Å². The maximum Gasteiger partial charge on any atom is 0.229 e. The fourth-order valence-corrected chi connectivity index (χ4v) is 5.08. The van der Waals surface area contributed by atoms with E-state index >= 15 is 0 Å². The van der Waals surface area contributed by atoms with Crippen LogP contribution in [0.4, 0.5) is 5.69 Å². The lowest BCUT2D eigenvalue weighted by Gasteiger charge is -2.31. The number of ether oxygens (including phenoxy) is 1. The van der Waals surface area contributed by atoms with Crippen LogP contribution in [0.1, 0.15) is 41.0 Å². The van der Waals surface area contributed by atoms with Crippen LogP contribution < -0.4 is 5.32 Å². The van der Waals surface area contributed by atoms with Crippen molar-refractivity contribution in [2.45, 2.75) is 50.7 Å². The number of hydrogen-bond donors (Lipinski definition) is 2. The summed E-state index contributed by atoms with van der Waals surface area (Å²) in [5.41, 5.74) is -0.683. The third kappa shape index (κ3) is 3.70. The van der Waals surface area contributed by atoms with Gasteiger partial charge in [0.05, 0.1) is 22.1 Å². The average molecular weight is 404 g/mol. The number of carbonyl (C=O) groups is 1. The van der Waals surface area contributed by atoms with Gasteiger partial charge in [0.1, 0.15) is 4.90 Å². The fourth-order valence-electron chi connectivity index (χ4n) is 2.78. The van der Waals surface area contributed by atoms with E-state index in [-0.39, 0.29) is 27.4 Å². The maximum absolute atomic E-state index is 13.3. The van der Waals surface area contributed by atoms with Gasteiger partial charge in [-0.25, -0.2) is 8.42 Å². The van der Waals surface area contributed by atoms with Crippen molar-refractivity contribution in [2.24, 2.45) is 11.3 Å². The molecule has 1 aliphatic heterocycles.